The first kappa shape index (κ1) is 15.5. The zero-order chi connectivity index (χ0) is 9.40. The summed E-state index contributed by atoms with van der Waals surface area (Å²) in [5, 5.41) is 7.62. The van der Waals surface area contributed by atoms with E-state index in [1.54, 1.807) is 0 Å². The minimum atomic E-state index is 0. The van der Waals surface area contributed by atoms with Gasteiger partial charge in [-0.3, -0.25) is 0 Å². The second-order valence-electron chi connectivity index (χ2n) is 3.55. The number of nitrogens with one attached hydrogen (secondary N) is 1. The molecule has 0 radical (unpaired) electrons. The van der Waals surface area contributed by atoms with Gasteiger partial charge in [0, 0.05) is 12.1 Å². The summed E-state index contributed by atoms with van der Waals surface area (Å²) in [7, 11) is 0. The summed E-state index contributed by atoms with van der Waals surface area (Å²) in [5.74, 6) is 0. The fourth-order valence-corrected chi connectivity index (χ4v) is 1.02. The molecule has 0 spiro atoms. The standard InChI is InChI=1S/C11H21N.Li.H/c1-4-5-6-7-11(12)9-8-10(2)3;;/h8,12H,4-7,9H2,1-3H3;;/q;+1;-1. The Kier molecular flexibility index (Phi) is 12.0. The molecule has 0 aliphatic carbocycles. The van der Waals surface area contributed by atoms with E-state index in [-0.39, 0.29) is 20.3 Å². The largest absolute Gasteiger partial charge is 1.00 e. The number of rotatable bonds is 6. The van der Waals surface area contributed by atoms with E-state index in [0.29, 0.717) is 0 Å². The zero-order valence-electron chi connectivity index (χ0n) is 10.6. The van der Waals surface area contributed by atoms with Crippen molar-refractivity contribution in [2.75, 3.05) is 0 Å². The number of hydrogen-bond donors (Lipinski definition) is 1. The topological polar surface area (TPSA) is 23.9 Å². The van der Waals surface area contributed by atoms with E-state index in [0.717, 1.165) is 18.6 Å². The van der Waals surface area contributed by atoms with Crippen molar-refractivity contribution in [2.45, 2.75) is 52.9 Å². The van der Waals surface area contributed by atoms with Crippen LogP contribution in [0.3, 0.4) is 0 Å². The third-order valence-corrected chi connectivity index (χ3v) is 1.84. The molecule has 0 bridgehead atoms. The Labute approximate surface area is 96.2 Å². The minimum absolute atomic E-state index is 0. The second kappa shape index (κ2) is 10.1. The van der Waals surface area contributed by atoms with Crippen molar-refractivity contribution in [3.63, 3.8) is 0 Å². The second-order valence-corrected chi connectivity index (χ2v) is 3.55. The molecule has 72 valence electrons. The maximum absolute atomic E-state index is 7.62. The predicted molar refractivity (Wildman–Crippen MR) is 57.0 cm³/mol. The zero-order valence-corrected chi connectivity index (χ0v) is 9.61. The summed E-state index contributed by atoms with van der Waals surface area (Å²) in [6.07, 6.45) is 7.66. The summed E-state index contributed by atoms with van der Waals surface area (Å²) < 4.78 is 0. The molecular formula is C11H22LiN. The Hall–Kier alpha value is 0.00740. The Morgan fingerprint density at radius 1 is 1.31 bits per heavy atom. The monoisotopic (exact) mass is 175 g/mol. The molecule has 0 heterocycles. The molecule has 0 unspecified atom stereocenters. The van der Waals surface area contributed by atoms with E-state index in [1.165, 1.54) is 24.8 Å². The van der Waals surface area contributed by atoms with E-state index >= 15 is 0 Å². The van der Waals surface area contributed by atoms with Crippen LogP contribution in [-0.4, -0.2) is 5.71 Å². The average molecular weight is 175 g/mol. The first-order chi connectivity index (χ1) is 5.66. The van der Waals surface area contributed by atoms with Crippen LogP contribution in [0.4, 0.5) is 0 Å². The average Bonchev–Trinajstić information content (AvgIpc) is 2.01. The van der Waals surface area contributed by atoms with Crippen LogP contribution in [0.5, 0.6) is 0 Å². The van der Waals surface area contributed by atoms with Gasteiger partial charge in [-0.25, -0.2) is 0 Å². The Balaban J connectivity index is -0.000000605. The molecule has 0 amide bonds. The van der Waals surface area contributed by atoms with Gasteiger partial charge in [0.2, 0.25) is 0 Å². The predicted octanol–water partition coefficient (Wildman–Crippen LogP) is 1.06. The summed E-state index contributed by atoms with van der Waals surface area (Å²) in [5.41, 5.74) is 2.19. The van der Waals surface area contributed by atoms with Crippen LogP contribution < -0.4 is 18.9 Å². The van der Waals surface area contributed by atoms with E-state index in [4.69, 9.17) is 5.41 Å². The van der Waals surface area contributed by atoms with Gasteiger partial charge < -0.3 is 6.84 Å². The van der Waals surface area contributed by atoms with Gasteiger partial charge in [-0.1, -0.05) is 31.4 Å². The molecule has 0 aliphatic rings. The molecule has 13 heavy (non-hydrogen) atoms. The molecule has 0 atom stereocenters. The molecule has 1 N–H and O–H groups in total. The first-order valence-corrected chi connectivity index (χ1v) is 4.86. The fraction of sp³-hybridized carbons (Fsp3) is 0.727. The Morgan fingerprint density at radius 3 is 2.38 bits per heavy atom. The van der Waals surface area contributed by atoms with Crippen molar-refractivity contribution < 1.29 is 20.3 Å². The summed E-state index contributed by atoms with van der Waals surface area (Å²) in [6, 6.07) is 0. The molecule has 0 aliphatic heterocycles. The normalized spacial score (nSPS) is 8.85. The van der Waals surface area contributed by atoms with Crippen molar-refractivity contribution >= 4 is 5.71 Å². The van der Waals surface area contributed by atoms with Crippen molar-refractivity contribution in [2.24, 2.45) is 0 Å². The minimum Gasteiger partial charge on any atom is -1.00 e. The number of allylic oxidation sites excluding steroid dienone is 2. The van der Waals surface area contributed by atoms with Crippen molar-refractivity contribution in [3.8, 4) is 0 Å². The van der Waals surface area contributed by atoms with Gasteiger partial charge in [-0.05, 0) is 26.7 Å². The number of unbranched alkanes of at least 4 members (excludes halogenated alkanes) is 2. The Morgan fingerprint density at radius 2 is 1.92 bits per heavy atom. The van der Waals surface area contributed by atoms with Crippen LogP contribution in [0, 0.1) is 5.41 Å². The van der Waals surface area contributed by atoms with Crippen LogP contribution in [-0.2, 0) is 0 Å². The van der Waals surface area contributed by atoms with E-state index in [2.05, 4.69) is 26.8 Å². The molecule has 0 saturated heterocycles. The third kappa shape index (κ3) is 12.0. The molecule has 0 rings (SSSR count). The molecule has 0 aromatic heterocycles. The van der Waals surface area contributed by atoms with Gasteiger partial charge in [0.25, 0.3) is 0 Å². The third-order valence-electron chi connectivity index (χ3n) is 1.84. The van der Waals surface area contributed by atoms with Gasteiger partial charge in [0.05, 0.1) is 0 Å². The van der Waals surface area contributed by atoms with E-state index < -0.39 is 0 Å². The van der Waals surface area contributed by atoms with Gasteiger partial charge in [0.1, 0.15) is 0 Å². The van der Waals surface area contributed by atoms with E-state index in [1.807, 2.05) is 0 Å². The van der Waals surface area contributed by atoms with E-state index in [9.17, 15) is 0 Å². The molecular weight excluding hydrogens is 153 g/mol. The van der Waals surface area contributed by atoms with Crippen LogP contribution in [0.25, 0.3) is 0 Å². The van der Waals surface area contributed by atoms with Gasteiger partial charge in [-0.2, -0.15) is 0 Å². The van der Waals surface area contributed by atoms with Gasteiger partial charge >= 0.3 is 18.9 Å². The van der Waals surface area contributed by atoms with Gasteiger partial charge in [-0.15, -0.1) is 0 Å². The molecule has 0 fully saturated rings. The smallest absolute Gasteiger partial charge is 1.00 e. The van der Waals surface area contributed by atoms with Crippen LogP contribution in [0.2, 0.25) is 0 Å². The maximum Gasteiger partial charge on any atom is 1.00 e. The summed E-state index contributed by atoms with van der Waals surface area (Å²) in [6.45, 7) is 6.36. The van der Waals surface area contributed by atoms with Crippen LogP contribution in [0.15, 0.2) is 11.6 Å². The number of hydrogen-bond acceptors (Lipinski definition) is 1. The molecule has 0 saturated carbocycles. The van der Waals surface area contributed by atoms with Gasteiger partial charge in [0.15, 0.2) is 0 Å². The maximum atomic E-state index is 7.62. The quantitative estimate of drug-likeness (QED) is 0.270. The molecule has 2 heteroatoms. The fourth-order valence-electron chi connectivity index (χ4n) is 1.02. The Bertz CT molecular complexity index is 163. The van der Waals surface area contributed by atoms with Crippen molar-refractivity contribution in [1.82, 2.24) is 0 Å². The van der Waals surface area contributed by atoms with Crippen LogP contribution in [0.1, 0.15) is 54.3 Å². The molecule has 1 nitrogen and oxygen atoms in total. The molecule has 0 aromatic carbocycles. The SMILES string of the molecule is CCCCCC(=N)CC=C(C)C.[H-].[Li+]. The summed E-state index contributed by atoms with van der Waals surface area (Å²) >= 11 is 0. The molecule has 0 aromatic rings. The van der Waals surface area contributed by atoms with Crippen molar-refractivity contribution in [1.29, 1.82) is 5.41 Å². The first-order valence-electron chi connectivity index (χ1n) is 4.86. The van der Waals surface area contributed by atoms with Crippen LogP contribution >= 0.6 is 0 Å². The summed E-state index contributed by atoms with van der Waals surface area (Å²) in [4.78, 5) is 0. The van der Waals surface area contributed by atoms with Crippen molar-refractivity contribution in [3.05, 3.63) is 11.6 Å².